The second-order valence-electron chi connectivity index (χ2n) is 3.18. The van der Waals surface area contributed by atoms with E-state index < -0.39 is 10.5 Å². The van der Waals surface area contributed by atoms with E-state index in [1.165, 1.54) is 0 Å². The van der Waals surface area contributed by atoms with Gasteiger partial charge in [-0.25, -0.2) is 0 Å². The van der Waals surface area contributed by atoms with Gasteiger partial charge >= 0.3 is 10.5 Å². The lowest BCUT2D eigenvalue weighted by atomic mass is 10.1. The molecule has 0 radical (unpaired) electrons. The molecule has 1 aromatic carbocycles. The van der Waals surface area contributed by atoms with Crippen molar-refractivity contribution in [2.24, 2.45) is 4.36 Å². The van der Waals surface area contributed by atoms with E-state index in [1.54, 1.807) is 0 Å². The van der Waals surface area contributed by atoms with E-state index in [-0.39, 0.29) is 0 Å². The van der Waals surface area contributed by atoms with Gasteiger partial charge in [0.05, 0.1) is 6.54 Å². The SMILES string of the molecule is O=S(=O)=NCCc1c[nH]c2ccccc12. The molecule has 5 heteroatoms. The lowest BCUT2D eigenvalue weighted by molar-refractivity contribution is 0.620. The summed E-state index contributed by atoms with van der Waals surface area (Å²) < 4.78 is 23.8. The van der Waals surface area contributed by atoms with Crippen LogP contribution in [0.4, 0.5) is 0 Å². The smallest absolute Gasteiger partial charge is 0.311 e. The summed E-state index contributed by atoms with van der Waals surface area (Å²) >= 11 is 0. The molecule has 1 heterocycles. The Morgan fingerprint density at radius 2 is 2.07 bits per heavy atom. The minimum atomic E-state index is -2.30. The van der Waals surface area contributed by atoms with Gasteiger partial charge in [0.2, 0.25) is 0 Å². The number of nitrogens with zero attached hydrogens (tertiary/aromatic N) is 1. The predicted octanol–water partition coefficient (Wildman–Crippen LogP) is 1.77. The van der Waals surface area contributed by atoms with Crippen molar-refractivity contribution in [2.75, 3.05) is 6.54 Å². The van der Waals surface area contributed by atoms with Gasteiger partial charge in [0.15, 0.2) is 0 Å². The molecule has 0 atom stereocenters. The van der Waals surface area contributed by atoms with Crippen LogP contribution in [-0.4, -0.2) is 19.9 Å². The summed E-state index contributed by atoms with van der Waals surface area (Å²) in [5, 5.41) is 1.13. The molecule has 0 saturated heterocycles. The third-order valence-electron chi connectivity index (χ3n) is 2.25. The molecule has 0 spiro atoms. The van der Waals surface area contributed by atoms with E-state index in [0.29, 0.717) is 13.0 Å². The van der Waals surface area contributed by atoms with Gasteiger partial charge in [0.1, 0.15) is 0 Å². The first-order valence-corrected chi connectivity index (χ1v) is 5.62. The number of aromatic nitrogens is 1. The number of aromatic amines is 1. The summed E-state index contributed by atoms with van der Waals surface area (Å²) in [6, 6.07) is 7.92. The van der Waals surface area contributed by atoms with Gasteiger partial charge in [-0.3, -0.25) is 0 Å². The summed E-state index contributed by atoms with van der Waals surface area (Å²) in [5.41, 5.74) is 2.16. The highest BCUT2D eigenvalue weighted by Crippen LogP contribution is 2.17. The second-order valence-corrected chi connectivity index (χ2v) is 3.87. The molecule has 0 aliphatic rings. The topological polar surface area (TPSA) is 62.3 Å². The maximum absolute atomic E-state index is 10.2. The summed E-state index contributed by atoms with van der Waals surface area (Å²) in [6.45, 7) is 0.304. The van der Waals surface area contributed by atoms with Crippen LogP contribution in [0.15, 0.2) is 34.8 Å². The molecule has 0 aliphatic heterocycles. The van der Waals surface area contributed by atoms with Crippen molar-refractivity contribution in [1.29, 1.82) is 0 Å². The van der Waals surface area contributed by atoms with E-state index in [0.717, 1.165) is 16.5 Å². The number of para-hydroxylation sites is 1. The third kappa shape index (κ3) is 2.24. The Kier molecular flexibility index (Phi) is 2.82. The van der Waals surface area contributed by atoms with Gasteiger partial charge < -0.3 is 4.98 Å². The molecule has 15 heavy (non-hydrogen) atoms. The van der Waals surface area contributed by atoms with Crippen molar-refractivity contribution in [3.8, 4) is 0 Å². The van der Waals surface area contributed by atoms with Crippen LogP contribution < -0.4 is 0 Å². The van der Waals surface area contributed by atoms with Gasteiger partial charge in [-0.1, -0.05) is 18.2 Å². The van der Waals surface area contributed by atoms with Crippen molar-refractivity contribution >= 4 is 21.4 Å². The molecule has 0 fully saturated rings. The lowest BCUT2D eigenvalue weighted by Gasteiger charge is -1.93. The summed E-state index contributed by atoms with van der Waals surface area (Å²) in [5.74, 6) is 0. The van der Waals surface area contributed by atoms with Crippen molar-refractivity contribution in [2.45, 2.75) is 6.42 Å². The lowest BCUT2D eigenvalue weighted by Crippen LogP contribution is -1.86. The molecule has 0 unspecified atom stereocenters. The van der Waals surface area contributed by atoms with Crippen LogP contribution in [0.25, 0.3) is 10.9 Å². The molecule has 4 nitrogen and oxygen atoms in total. The fraction of sp³-hybridized carbons (Fsp3) is 0.200. The number of hydrogen-bond acceptors (Lipinski definition) is 3. The number of rotatable bonds is 3. The van der Waals surface area contributed by atoms with Crippen LogP contribution in [0.2, 0.25) is 0 Å². The van der Waals surface area contributed by atoms with E-state index in [2.05, 4.69) is 9.35 Å². The minimum absolute atomic E-state index is 0.304. The van der Waals surface area contributed by atoms with Gasteiger partial charge in [-0.05, 0) is 18.1 Å². The Bertz CT molecular complexity index is 591. The quantitative estimate of drug-likeness (QED) is 0.860. The van der Waals surface area contributed by atoms with E-state index >= 15 is 0 Å². The summed E-state index contributed by atoms with van der Waals surface area (Å²) in [4.78, 5) is 3.13. The highest BCUT2D eigenvalue weighted by molar-refractivity contribution is 7.61. The molecule has 2 rings (SSSR count). The molecule has 1 N–H and O–H groups in total. The zero-order chi connectivity index (χ0) is 10.7. The number of fused-ring (bicyclic) bond motifs is 1. The fourth-order valence-electron chi connectivity index (χ4n) is 1.58. The Hall–Kier alpha value is -1.62. The third-order valence-corrected chi connectivity index (χ3v) is 2.65. The van der Waals surface area contributed by atoms with Gasteiger partial charge in [0.25, 0.3) is 0 Å². The monoisotopic (exact) mass is 222 g/mol. The van der Waals surface area contributed by atoms with Gasteiger partial charge in [0, 0.05) is 17.1 Å². The highest BCUT2D eigenvalue weighted by atomic mass is 32.2. The zero-order valence-electron chi connectivity index (χ0n) is 7.97. The average molecular weight is 222 g/mol. The Morgan fingerprint density at radius 3 is 2.87 bits per heavy atom. The first-order valence-electron chi connectivity index (χ1n) is 4.59. The highest BCUT2D eigenvalue weighted by Gasteiger charge is 2.01. The van der Waals surface area contributed by atoms with Gasteiger partial charge in [-0.2, -0.15) is 12.8 Å². The predicted molar refractivity (Wildman–Crippen MR) is 58.2 cm³/mol. The van der Waals surface area contributed by atoms with Crippen LogP contribution in [0.1, 0.15) is 5.56 Å². The molecular weight excluding hydrogens is 212 g/mol. The van der Waals surface area contributed by atoms with Crippen LogP contribution in [0, 0.1) is 0 Å². The minimum Gasteiger partial charge on any atom is -0.361 e. The summed E-state index contributed by atoms with van der Waals surface area (Å²) in [7, 11) is -2.30. The fourth-order valence-corrected chi connectivity index (χ4v) is 1.82. The Balaban J connectivity index is 2.25. The van der Waals surface area contributed by atoms with E-state index in [4.69, 9.17) is 0 Å². The molecule has 0 amide bonds. The van der Waals surface area contributed by atoms with Crippen molar-refractivity contribution < 1.29 is 8.42 Å². The zero-order valence-corrected chi connectivity index (χ0v) is 8.79. The van der Waals surface area contributed by atoms with Gasteiger partial charge in [-0.15, -0.1) is 0 Å². The number of H-pyrrole nitrogens is 1. The van der Waals surface area contributed by atoms with E-state index in [9.17, 15) is 8.42 Å². The molecule has 1 aromatic heterocycles. The summed E-state index contributed by atoms with van der Waals surface area (Å²) in [6.07, 6.45) is 2.53. The molecule has 78 valence electrons. The molecule has 0 saturated carbocycles. The first-order chi connectivity index (χ1) is 7.27. The first kappa shape index (κ1) is 9.92. The number of nitrogens with one attached hydrogen (secondary N) is 1. The maximum Gasteiger partial charge on any atom is 0.311 e. The van der Waals surface area contributed by atoms with E-state index in [1.807, 2.05) is 30.5 Å². The van der Waals surface area contributed by atoms with Crippen LogP contribution >= 0.6 is 0 Å². The Labute approximate surface area is 88.6 Å². The average Bonchev–Trinajstić information content (AvgIpc) is 2.62. The molecule has 2 aromatic rings. The molecule has 0 aliphatic carbocycles. The van der Waals surface area contributed by atoms with Crippen LogP contribution in [-0.2, 0) is 16.9 Å². The van der Waals surface area contributed by atoms with Crippen LogP contribution in [0.5, 0.6) is 0 Å². The van der Waals surface area contributed by atoms with Crippen molar-refractivity contribution in [3.05, 3.63) is 36.0 Å². The normalized spacial score (nSPS) is 10.4. The second kappa shape index (κ2) is 4.27. The largest absolute Gasteiger partial charge is 0.361 e. The number of hydrogen-bond donors (Lipinski definition) is 1. The maximum atomic E-state index is 10.2. The molecular formula is C10H10N2O2S. The molecule has 0 bridgehead atoms. The van der Waals surface area contributed by atoms with Crippen LogP contribution in [0.3, 0.4) is 0 Å². The number of benzene rings is 1. The Morgan fingerprint density at radius 1 is 1.27 bits per heavy atom. The van der Waals surface area contributed by atoms with Crippen molar-refractivity contribution in [3.63, 3.8) is 0 Å². The standard InChI is InChI=1S/C10H10N2O2S/c13-15(14)12-6-5-8-7-11-10-4-2-1-3-9(8)10/h1-4,7,11H,5-6H2. The van der Waals surface area contributed by atoms with Crippen molar-refractivity contribution in [1.82, 2.24) is 4.98 Å².